The molecule has 0 radical (unpaired) electrons. The molecule has 3 heterocycles. The fourth-order valence-corrected chi connectivity index (χ4v) is 3.93. The fourth-order valence-electron chi connectivity index (χ4n) is 3.93. The minimum atomic E-state index is 0.139. The summed E-state index contributed by atoms with van der Waals surface area (Å²) in [6.07, 6.45) is 10.1. The molecule has 1 aliphatic rings. The number of furan rings is 1. The van der Waals surface area contributed by atoms with E-state index in [4.69, 9.17) is 4.42 Å². The lowest BCUT2D eigenvalue weighted by atomic mass is 9.85. The second kappa shape index (κ2) is 7.87. The van der Waals surface area contributed by atoms with Crippen LogP contribution in [0.2, 0.25) is 0 Å². The molecule has 1 amide bonds. The van der Waals surface area contributed by atoms with Crippen LogP contribution < -0.4 is 0 Å². The standard InChI is InChI=1S/C19H28N4O2/c1-4-23-8-5-6-16(19(23)17-11-20-22(3)13-17)12-21(2)18(24)10-15-7-9-25-14-15/h7,9,11,13-14,16,19H,4-6,8,10,12H2,1-3H3/t16-,19+/m0/s1. The van der Waals surface area contributed by atoms with Gasteiger partial charge in [-0.1, -0.05) is 6.92 Å². The molecule has 1 fully saturated rings. The molecule has 25 heavy (non-hydrogen) atoms. The summed E-state index contributed by atoms with van der Waals surface area (Å²) in [6, 6.07) is 2.18. The summed E-state index contributed by atoms with van der Waals surface area (Å²) in [4.78, 5) is 16.9. The zero-order valence-corrected chi connectivity index (χ0v) is 15.4. The number of aromatic nitrogens is 2. The molecular formula is C19H28N4O2. The van der Waals surface area contributed by atoms with Crippen LogP contribution in [0.5, 0.6) is 0 Å². The smallest absolute Gasteiger partial charge is 0.226 e. The molecule has 0 aromatic carbocycles. The number of carbonyl (C=O) groups excluding carboxylic acids is 1. The van der Waals surface area contributed by atoms with E-state index < -0.39 is 0 Å². The first kappa shape index (κ1) is 17.7. The van der Waals surface area contributed by atoms with E-state index in [-0.39, 0.29) is 5.91 Å². The number of carbonyl (C=O) groups is 1. The molecular weight excluding hydrogens is 316 g/mol. The van der Waals surface area contributed by atoms with Crippen LogP contribution in [0.1, 0.15) is 36.9 Å². The molecule has 0 unspecified atom stereocenters. The number of hydrogen-bond donors (Lipinski definition) is 0. The van der Waals surface area contributed by atoms with Crippen LogP contribution in [-0.4, -0.2) is 52.2 Å². The number of likely N-dealkylation sites (tertiary alicyclic amines) is 1. The van der Waals surface area contributed by atoms with Crippen LogP contribution in [0.15, 0.2) is 35.4 Å². The molecule has 0 bridgehead atoms. The Morgan fingerprint density at radius 1 is 1.48 bits per heavy atom. The molecule has 1 saturated heterocycles. The van der Waals surface area contributed by atoms with Gasteiger partial charge in [0.1, 0.15) is 0 Å². The minimum Gasteiger partial charge on any atom is -0.472 e. The Bertz CT molecular complexity index is 679. The largest absolute Gasteiger partial charge is 0.472 e. The van der Waals surface area contributed by atoms with Crippen molar-refractivity contribution in [3.63, 3.8) is 0 Å². The van der Waals surface area contributed by atoms with Gasteiger partial charge < -0.3 is 9.32 Å². The monoisotopic (exact) mass is 344 g/mol. The van der Waals surface area contributed by atoms with Crippen molar-refractivity contribution in [2.45, 2.75) is 32.2 Å². The summed E-state index contributed by atoms with van der Waals surface area (Å²) in [7, 11) is 3.87. The van der Waals surface area contributed by atoms with Gasteiger partial charge in [-0.05, 0) is 43.5 Å². The van der Waals surface area contributed by atoms with Gasteiger partial charge in [0.25, 0.3) is 0 Å². The lowest BCUT2D eigenvalue weighted by molar-refractivity contribution is -0.130. The Balaban J connectivity index is 1.70. The van der Waals surface area contributed by atoms with Gasteiger partial charge in [0.2, 0.25) is 5.91 Å². The Kier molecular flexibility index (Phi) is 5.58. The first-order valence-electron chi connectivity index (χ1n) is 9.06. The number of nitrogens with zero attached hydrogens (tertiary/aromatic N) is 4. The zero-order chi connectivity index (χ0) is 17.8. The van der Waals surface area contributed by atoms with Gasteiger partial charge >= 0.3 is 0 Å². The molecule has 0 N–H and O–H groups in total. The van der Waals surface area contributed by atoms with E-state index >= 15 is 0 Å². The van der Waals surface area contributed by atoms with Crippen LogP contribution in [-0.2, 0) is 18.3 Å². The maximum atomic E-state index is 12.5. The van der Waals surface area contributed by atoms with Crippen LogP contribution in [0, 0.1) is 5.92 Å². The van der Waals surface area contributed by atoms with E-state index in [1.54, 1.807) is 12.5 Å². The van der Waals surface area contributed by atoms with Crippen molar-refractivity contribution in [3.8, 4) is 0 Å². The summed E-state index contributed by atoms with van der Waals surface area (Å²) >= 11 is 0. The molecule has 0 spiro atoms. The predicted octanol–water partition coefficient (Wildman–Crippen LogP) is 2.49. The summed E-state index contributed by atoms with van der Waals surface area (Å²) in [5, 5.41) is 4.36. The van der Waals surface area contributed by atoms with Crippen molar-refractivity contribution in [2.75, 3.05) is 26.7 Å². The molecule has 1 aliphatic heterocycles. The van der Waals surface area contributed by atoms with Crippen molar-refractivity contribution < 1.29 is 9.21 Å². The Hall–Kier alpha value is -2.08. The molecule has 2 aromatic heterocycles. The van der Waals surface area contributed by atoms with Crippen LogP contribution in [0.3, 0.4) is 0 Å². The van der Waals surface area contributed by atoms with E-state index in [0.717, 1.165) is 31.6 Å². The molecule has 2 aromatic rings. The van der Waals surface area contributed by atoms with Gasteiger partial charge in [0.05, 0.1) is 25.1 Å². The highest BCUT2D eigenvalue weighted by atomic mass is 16.3. The molecule has 6 heteroatoms. The van der Waals surface area contributed by atoms with E-state index in [1.165, 1.54) is 12.0 Å². The lowest BCUT2D eigenvalue weighted by Crippen LogP contribution is -2.44. The summed E-state index contributed by atoms with van der Waals surface area (Å²) in [5.74, 6) is 0.566. The topological polar surface area (TPSA) is 54.5 Å². The molecule has 2 atom stereocenters. The first-order valence-corrected chi connectivity index (χ1v) is 9.06. The third-order valence-corrected chi connectivity index (χ3v) is 5.20. The van der Waals surface area contributed by atoms with Crippen molar-refractivity contribution in [1.29, 1.82) is 0 Å². The van der Waals surface area contributed by atoms with Crippen molar-refractivity contribution in [3.05, 3.63) is 42.1 Å². The first-order chi connectivity index (χ1) is 12.1. The Labute approximate surface area is 149 Å². The highest BCUT2D eigenvalue weighted by Gasteiger charge is 2.33. The molecule has 3 rings (SSSR count). The average Bonchev–Trinajstić information content (AvgIpc) is 3.26. The minimum absolute atomic E-state index is 0.139. The van der Waals surface area contributed by atoms with Crippen LogP contribution in [0.25, 0.3) is 0 Å². The SMILES string of the molecule is CCN1CCC[C@@H](CN(C)C(=O)Cc2ccoc2)[C@@H]1c1cnn(C)c1. The van der Waals surface area contributed by atoms with Crippen molar-refractivity contribution in [1.82, 2.24) is 19.6 Å². The maximum absolute atomic E-state index is 12.5. The molecule has 136 valence electrons. The number of aryl methyl sites for hydroxylation is 1. The number of amides is 1. The average molecular weight is 344 g/mol. The molecule has 0 aliphatic carbocycles. The predicted molar refractivity (Wildman–Crippen MR) is 96.0 cm³/mol. The van der Waals surface area contributed by atoms with Gasteiger partial charge in [0.15, 0.2) is 0 Å². The number of piperidine rings is 1. The van der Waals surface area contributed by atoms with Gasteiger partial charge in [-0.15, -0.1) is 0 Å². The number of hydrogen-bond acceptors (Lipinski definition) is 4. The second-order valence-corrected chi connectivity index (χ2v) is 7.01. The van der Waals surface area contributed by atoms with E-state index in [2.05, 4.69) is 23.1 Å². The van der Waals surface area contributed by atoms with E-state index in [9.17, 15) is 4.79 Å². The fraction of sp³-hybridized carbons (Fsp3) is 0.579. The number of rotatable bonds is 6. The van der Waals surface area contributed by atoms with Crippen LogP contribution >= 0.6 is 0 Å². The van der Waals surface area contributed by atoms with Crippen molar-refractivity contribution >= 4 is 5.91 Å². The highest BCUT2D eigenvalue weighted by Crippen LogP contribution is 2.36. The maximum Gasteiger partial charge on any atom is 0.226 e. The molecule has 0 saturated carbocycles. The normalized spacial score (nSPS) is 21.4. The van der Waals surface area contributed by atoms with E-state index in [0.29, 0.717) is 18.4 Å². The zero-order valence-electron chi connectivity index (χ0n) is 15.4. The van der Waals surface area contributed by atoms with Gasteiger partial charge in [-0.2, -0.15) is 5.10 Å². The third kappa shape index (κ3) is 4.12. The summed E-state index contributed by atoms with van der Waals surface area (Å²) in [6.45, 7) is 5.11. The molecule has 6 nitrogen and oxygen atoms in total. The number of likely N-dealkylation sites (N-methyl/N-ethyl adjacent to an activating group) is 1. The van der Waals surface area contributed by atoms with Gasteiger partial charge in [0, 0.05) is 38.4 Å². The Morgan fingerprint density at radius 2 is 2.32 bits per heavy atom. The summed E-state index contributed by atoms with van der Waals surface area (Å²) < 4.78 is 6.93. The van der Waals surface area contributed by atoms with Crippen LogP contribution in [0.4, 0.5) is 0 Å². The second-order valence-electron chi connectivity index (χ2n) is 7.01. The lowest BCUT2D eigenvalue weighted by Gasteiger charge is -2.42. The Morgan fingerprint density at radius 3 is 2.96 bits per heavy atom. The van der Waals surface area contributed by atoms with Gasteiger partial charge in [-0.3, -0.25) is 14.4 Å². The highest BCUT2D eigenvalue weighted by molar-refractivity contribution is 5.78. The summed E-state index contributed by atoms with van der Waals surface area (Å²) in [5.41, 5.74) is 2.18. The third-order valence-electron chi connectivity index (χ3n) is 5.20. The van der Waals surface area contributed by atoms with Gasteiger partial charge in [-0.25, -0.2) is 0 Å². The van der Waals surface area contributed by atoms with E-state index in [1.807, 2.05) is 35.9 Å². The van der Waals surface area contributed by atoms with Crippen molar-refractivity contribution in [2.24, 2.45) is 13.0 Å². The quantitative estimate of drug-likeness (QED) is 0.808.